The third kappa shape index (κ3) is 3.13. The van der Waals surface area contributed by atoms with Crippen molar-refractivity contribution in [1.29, 1.82) is 0 Å². The van der Waals surface area contributed by atoms with Gasteiger partial charge in [0.05, 0.1) is 5.41 Å². The monoisotopic (exact) mass is 266 g/mol. The lowest BCUT2D eigenvalue weighted by molar-refractivity contribution is -0.143. The van der Waals surface area contributed by atoms with Crippen molar-refractivity contribution >= 4 is 5.91 Å². The van der Waals surface area contributed by atoms with Crippen LogP contribution in [0.5, 0.6) is 0 Å². The molecule has 1 aliphatic carbocycles. The van der Waals surface area contributed by atoms with Crippen molar-refractivity contribution in [2.75, 3.05) is 20.1 Å². The van der Waals surface area contributed by atoms with Crippen LogP contribution in [0.3, 0.4) is 0 Å². The lowest BCUT2D eigenvalue weighted by Crippen LogP contribution is -2.49. The van der Waals surface area contributed by atoms with Gasteiger partial charge < -0.3 is 10.2 Å². The fourth-order valence-corrected chi connectivity index (χ4v) is 4.02. The van der Waals surface area contributed by atoms with Crippen molar-refractivity contribution in [2.45, 2.75) is 64.8 Å². The second kappa shape index (κ2) is 6.25. The Bertz CT molecular complexity index is 310. The molecule has 1 heterocycles. The van der Waals surface area contributed by atoms with Crippen LogP contribution in [0.25, 0.3) is 0 Å². The van der Waals surface area contributed by atoms with E-state index in [0.717, 1.165) is 38.3 Å². The lowest BCUT2D eigenvalue weighted by atomic mass is 9.79. The number of carbonyl (C=O) groups is 1. The Labute approximate surface area is 118 Å². The summed E-state index contributed by atoms with van der Waals surface area (Å²) in [6.45, 7) is 6.40. The number of nitrogens with one attached hydrogen (secondary N) is 1. The van der Waals surface area contributed by atoms with Gasteiger partial charge in [-0.1, -0.05) is 33.1 Å². The minimum absolute atomic E-state index is 0.107. The van der Waals surface area contributed by atoms with Gasteiger partial charge in [0.2, 0.25) is 5.91 Å². The molecule has 0 radical (unpaired) electrons. The molecule has 1 aliphatic heterocycles. The number of hydrogen-bond donors (Lipinski definition) is 1. The van der Waals surface area contributed by atoms with Gasteiger partial charge in [0.25, 0.3) is 0 Å². The van der Waals surface area contributed by atoms with E-state index in [2.05, 4.69) is 24.1 Å². The van der Waals surface area contributed by atoms with Crippen LogP contribution in [-0.4, -0.2) is 37.0 Å². The van der Waals surface area contributed by atoms with Gasteiger partial charge in [-0.05, 0) is 38.1 Å². The quantitative estimate of drug-likeness (QED) is 0.848. The zero-order valence-electron chi connectivity index (χ0n) is 12.9. The zero-order chi connectivity index (χ0) is 13.9. The molecule has 3 atom stereocenters. The molecule has 3 nitrogen and oxygen atoms in total. The maximum Gasteiger partial charge on any atom is 0.230 e. The Hall–Kier alpha value is -0.570. The molecule has 1 N–H and O–H groups in total. The Morgan fingerprint density at radius 2 is 2.21 bits per heavy atom. The van der Waals surface area contributed by atoms with Crippen LogP contribution in [0.2, 0.25) is 0 Å². The molecule has 1 amide bonds. The van der Waals surface area contributed by atoms with Gasteiger partial charge >= 0.3 is 0 Å². The van der Waals surface area contributed by atoms with E-state index >= 15 is 0 Å². The highest BCUT2D eigenvalue weighted by Gasteiger charge is 2.43. The molecule has 110 valence electrons. The number of rotatable bonds is 4. The van der Waals surface area contributed by atoms with Gasteiger partial charge in [0.1, 0.15) is 0 Å². The summed E-state index contributed by atoms with van der Waals surface area (Å²) in [5.41, 5.74) is -0.107. The predicted molar refractivity (Wildman–Crippen MR) is 79.0 cm³/mol. The molecule has 0 aromatic rings. The maximum atomic E-state index is 12.9. The Balaban J connectivity index is 2.04. The minimum Gasteiger partial charge on any atom is -0.342 e. The van der Waals surface area contributed by atoms with Gasteiger partial charge in [0, 0.05) is 19.6 Å². The van der Waals surface area contributed by atoms with E-state index in [0.29, 0.717) is 11.9 Å². The molecule has 19 heavy (non-hydrogen) atoms. The fraction of sp³-hybridized carbons (Fsp3) is 0.938. The predicted octanol–water partition coefficient (Wildman–Crippen LogP) is 2.80. The van der Waals surface area contributed by atoms with Crippen LogP contribution >= 0.6 is 0 Å². The molecule has 3 unspecified atom stereocenters. The Morgan fingerprint density at radius 1 is 1.42 bits per heavy atom. The molecule has 0 aromatic heterocycles. The van der Waals surface area contributed by atoms with Crippen LogP contribution in [0, 0.1) is 11.3 Å². The van der Waals surface area contributed by atoms with Gasteiger partial charge in [-0.2, -0.15) is 0 Å². The standard InChI is InChI=1S/C16H30N2O/c1-4-8-16(9-10-17-12-16)15(19)18(3)14-7-5-6-13(2)11-14/h13-14,17H,4-12H2,1-3H3. The van der Waals surface area contributed by atoms with E-state index in [9.17, 15) is 4.79 Å². The third-order valence-corrected chi connectivity index (χ3v) is 5.20. The SMILES string of the molecule is CCCC1(C(=O)N(C)C2CCCC(C)C2)CCNC1. The summed E-state index contributed by atoms with van der Waals surface area (Å²) in [6.07, 6.45) is 8.16. The molecule has 0 bridgehead atoms. The first-order valence-corrected chi connectivity index (χ1v) is 8.07. The smallest absolute Gasteiger partial charge is 0.230 e. The second-order valence-corrected chi connectivity index (χ2v) is 6.80. The first-order valence-electron chi connectivity index (χ1n) is 8.07. The van der Waals surface area contributed by atoms with E-state index in [1.54, 1.807) is 0 Å². The highest BCUT2D eigenvalue weighted by Crippen LogP contribution is 2.35. The van der Waals surface area contributed by atoms with Crippen molar-refractivity contribution in [3.05, 3.63) is 0 Å². The zero-order valence-corrected chi connectivity index (χ0v) is 12.9. The minimum atomic E-state index is -0.107. The normalized spacial score (nSPS) is 35.3. The number of amides is 1. The topological polar surface area (TPSA) is 32.3 Å². The molecule has 2 aliphatic rings. The fourth-order valence-electron chi connectivity index (χ4n) is 4.02. The summed E-state index contributed by atoms with van der Waals surface area (Å²) in [6, 6.07) is 0.477. The van der Waals surface area contributed by atoms with E-state index in [1.165, 1.54) is 25.7 Å². The molecular weight excluding hydrogens is 236 g/mol. The Kier molecular flexibility index (Phi) is 4.88. The van der Waals surface area contributed by atoms with Gasteiger partial charge in [-0.15, -0.1) is 0 Å². The number of nitrogens with zero attached hydrogens (tertiary/aromatic N) is 1. The largest absolute Gasteiger partial charge is 0.342 e. The van der Waals surface area contributed by atoms with E-state index in [4.69, 9.17) is 0 Å². The highest BCUT2D eigenvalue weighted by molar-refractivity contribution is 5.83. The first kappa shape index (κ1) is 14.8. The summed E-state index contributed by atoms with van der Waals surface area (Å²) in [4.78, 5) is 15.0. The van der Waals surface area contributed by atoms with Crippen LogP contribution < -0.4 is 5.32 Å². The van der Waals surface area contributed by atoms with E-state index in [1.807, 2.05) is 7.05 Å². The van der Waals surface area contributed by atoms with Crippen molar-refractivity contribution in [1.82, 2.24) is 10.2 Å². The van der Waals surface area contributed by atoms with Crippen LogP contribution in [-0.2, 0) is 4.79 Å². The maximum absolute atomic E-state index is 12.9. The van der Waals surface area contributed by atoms with Gasteiger partial charge in [-0.25, -0.2) is 0 Å². The van der Waals surface area contributed by atoms with Crippen molar-refractivity contribution < 1.29 is 4.79 Å². The number of carbonyl (C=O) groups excluding carboxylic acids is 1. The van der Waals surface area contributed by atoms with Crippen LogP contribution in [0.15, 0.2) is 0 Å². The van der Waals surface area contributed by atoms with Gasteiger partial charge in [0.15, 0.2) is 0 Å². The molecule has 2 fully saturated rings. The lowest BCUT2D eigenvalue weighted by Gasteiger charge is -2.39. The molecule has 0 spiro atoms. The first-order chi connectivity index (χ1) is 9.09. The van der Waals surface area contributed by atoms with Crippen LogP contribution in [0.1, 0.15) is 58.8 Å². The average molecular weight is 266 g/mol. The van der Waals surface area contributed by atoms with E-state index in [-0.39, 0.29) is 5.41 Å². The van der Waals surface area contributed by atoms with Gasteiger partial charge in [-0.3, -0.25) is 4.79 Å². The Morgan fingerprint density at radius 3 is 2.79 bits per heavy atom. The van der Waals surface area contributed by atoms with Crippen molar-refractivity contribution in [3.63, 3.8) is 0 Å². The molecule has 3 heteroatoms. The van der Waals surface area contributed by atoms with Crippen LogP contribution in [0.4, 0.5) is 0 Å². The summed E-state index contributed by atoms with van der Waals surface area (Å²) in [5, 5.41) is 3.40. The second-order valence-electron chi connectivity index (χ2n) is 6.80. The van der Waals surface area contributed by atoms with E-state index < -0.39 is 0 Å². The summed E-state index contributed by atoms with van der Waals surface area (Å²) in [5.74, 6) is 1.18. The molecule has 2 rings (SSSR count). The molecule has 1 saturated heterocycles. The molecule has 1 saturated carbocycles. The summed E-state index contributed by atoms with van der Waals surface area (Å²) >= 11 is 0. The summed E-state index contributed by atoms with van der Waals surface area (Å²) in [7, 11) is 2.04. The average Bonchev–Trinajstić information content (AvgIpc) is 2.87. The highest BCUT2D eigenvalue weighted by atomic mass is 16.2. The molecular formula is C16H30N2O. The number of hydrogen-bond acceptors (Lipinski definition) is 2. The molecule has 0 aromatic carbocycles. The van der Waals surface area contributed by atoms with Crippen molar-refractivity contribution in [2.24, 2.45) is 11.3 Å². The third-order valence-electron chi connectivity index (χ3n) is 5.20. The van der Waals surface area contributed by atoms with Crippen molar-refractivity contribution in [3.8, 4) is 0 Å². The summed E-state index contributed by atoms with van der Waals surface area (Å²) < 4.78 is 0.